The molecule has 0 bridgehead atoms. The van der Waals surface area contributed by atoms with Crippen molar-refractivity contribution in [1.29, 1.82) is 0 Å². The molecule has 1 unspecified atom stereocenters. The SMILES string of the molecule is CCS(=O)(=O)c1ccc(CC(=O)Nc2cc(C)c3c(n2)CCC(C)(c2ncccc2O)C3=O)cc1. The zero-order valence-corrected chi connectivity index (χ0v) is 20.6. The summed E-state index contributed by atoms with van der Waals surface area (Å²) in [6, 6.07) is 11.1. The first-order valence-electron chi connectivity index (χ1n) is 11.4. The summed E-state index contributed by atoms with van der Waals surface area (Å²) in [7, 11) is -3.29. The highest BCUT2D eigenvalue weighted by Crippen LogP contribution is 2.41. The van der Waals surface area contributed by atoms with Crippen LogP contribution >= 0.6 is 0 Å². The Morgan fingerprint density at radius 2 is 1.91 bits per heavy atom. The Hall–Kier alpha value is -3.59. The van der Waals surface area contributed by atoms with Crippen molar-refractivity contribution in [2.45, 2.75) is 50.3 Å². The topological polar surface area (TPSA) is 126 Å². The van der Waals surface area contributed by atoms with Gasteiger partial charge in [-0.2, -0.15) is 0 Å². The second-order valence-electron chi connectivity index (χ2n) is 8.95. The van der Waals surface area contributed by atoms with Crippen molar-refractivity contribution >= 4 is 27.3 Å². The fourth-order valence-corrected chi connectivity index (χ4v) is 5.34. The number of Topliss-reactive ketones (excluding diaryl/α,β-unsaturated/α-hetero) is 1. The van der Waals surface area contributed by atoms with Crippen LogP contribution in [-0.4, -0.2) is 40.9 Å². The lowest BCUT2D eigenvalue weighted by atomic mass is 9.69. The summed E-state index contributed by atoms with van der Waals surface area (Å²) in [6.45, 7) is 5.16. The zero-order chi connectivity index (χ0) is 25.4. The number of aromatic hydroxyl groups is 1. The van der Waals surface area contributed by atoms with Crippen LogP contribution in [0.4, 0.5) is 5.82 Å². The fourth-order valence-electron chi connectivity index (χ4n) is 4.45. The summed E-state index contributed by atoms with van der Waals surface area (Å²) in [5.74, 6) is -0.0952. The van der Waals surface area contributed by atoms with Crippen molar-refractivity contribution in [3.05, 3.63) is 76.7 Å². The molecule has 9 heteroatoms. The van der Waals surface area contributed by atoms with Crippen molar-refractivity contribution in [2.24, 2.45) is 0 Å². The molecule has 1 aliphatic rings. The van der Waals surface area contributed by atoms with Crippen LogP contribution in [-0.2, 0) is 32.9 Å². The summed E-state index contributed by atoms with van der Waals surface area (Å²) in [5.41, 5.74) is 1.85. The average Bonchev–Trinajstić information content (AvgIpc) is 2.82. The molecule has 3 aromatic rings. The van der Waals surface area contributed by atoms with Gasteiger partial charge in [0.15, 0.2) is 15.6 Å². The number of rotatable bonds is 6. The highest BCUT2D eigenvalue weighted by atomic mass is 32.2. The van der Waals surface area contributed by atoms with Crippen molar-refractivity contribution in [3.8, 4) is 5.75 Å². The molecule has 0 saturated heterocycles. The largest absolute Gasteiger partial charge is 0.506 e. The highest BCUT2D eigenvalue weighted by molar-refractivity contribution is 7.91. The normalized spacial score (nSPS) is 17.6. The Morgan fingerprint density at radius 3 is 2.57 bits per heavy atom. The minimum absolute atomic E-state index is 0.0124. The van der Waals surface area contributed by atoms with E-state index in [0.29, 0.717) is 46.7 Å². The number of aromatic nitrogens is 2. The number of carbonyl (C=O) groups excluding carboxylic acids is 2. The number of fused-ring (bicyclic) bond motifs is 1. The van der Waals surface area contributed by atoms with Gasteiger partial charge in [0.2, 0.25) is 5.91 Å². The molecule has 0 saturated carbocycles. The Labute approximate surface area is 204 Å². The summed E-state index contributed by atoms with van der Waals surface area (Å²) < 4.78 is 23.9. The van der Waals surface area contributed by atoms with Crippen molar-refractivity contribution in [3.63, 3.8) is 0 Å². The van der Waals surface area contributed by atoms with Gasteiger partial charge in [-0.3, -0.25) is 14.6 Å². The predicted octanol–water partition coefficient (Wildman–Crippen LogP) is 3.55. The number of pyridine rings is 2. The van der Waals surface area contributed by atoms with Gasteiger partial charge in [-0.25, -0.2) is 13.4 Å². The summed E-state index contributed by atoms with van der Waals surface area (Å²) in [5, 5.41) is 13.1. The van der Waals surface area contributed by atoms with E-state index in [0.717, 1.165) is 0 Å². The number of anilines is 1. The molecule has 1 aliphatic carbocycles. The van der Waals surface area contributed by atoms with Crippen molar-refractivity contribution < 1.29 is 23.1 Å². The molecular formula is C26H27N3O5S. The van der Waals surface area contributed by atoms with Crippen molar-refractivity contribution in [1.82, 2.24) is 9.97 Å². The molecule has 1 atom stereocenters. The first-order valence-corrected chi connectivity index (χ1v) is 13.0. The molecule has 4 rings (SSSR count). The molecule has 1 aromatic carbocycles. The van der Waals surface area contributed by atoms with E-state index in [1.165, 1.54) is 18.2 Å². The van der Waals surface area contributed by atoms with Crippen molar-refractivity contribution in [2.75, 3.05) is 11.1 Å². The number of aryl methyl sites for hydroxylation is 2. The summed E-state index contributed by atoms with van der Waals surface area (Å²) in [6.07, 6.45) is 2.54. The summed E-state index contributed by atoms with van der Waals surface area (Å²) >= 11 is 0. The van der Waals surface area contributed by atoms with Gasteiger partial charge in [-0.15, -0.1) is 0 Å². The predicted molar refractivity (Wildman–Crippen MR) is 131 cm³/mol. The van der Waals surface area contributed by atoms with Crippen LogP contribution < -0.4 is 5.32 Å². The number of nitrogens with one attached hydrogen (secondary N) is 1. The maximum Gasteiger partial charge on any atom is 0.229 e. The molecule has 0 fully saturated rings. The number of hydrogen-bond donors (Lipinski definition) is 2. The Kier molecular flexibility index (Phi) is 6.46. The Balaban J connectivity index is 1.52. The molecule has 35 heavy (non-hydrogen) atoms. The van der Waals surface area contributed by atoms with Crippen LogP contribution in [0.3, 0.4) is 0 Å². The number of hydrogen-bond acceptors (Lipinski definition) is 7. The third-order valence-electron chi connectivity index (χ3n) is 6.49. The molecule has 1 amide bonds. The number of amides is 1. The van der Waals surface area contributed by atoms with Crippen LogP contribution in [0.5, 0.6) is 5.75 Å². The minimum atomic E-state index is -3.29. The van der Waals surface area contributed by atoms with E-state index >= 15 is 0 Å². The van der Waals surface area contributed by atoms with Crippen LogP contribution in [0.25, 0.3) is 0 Å². The van der Waals surface area contributed by atoms with Gasteiger partial charge in [0.25, 0.3) is 0 Å². The van der Waals surface area contributed by atoms with Crippen LogP contribution in [0, 0.1) is 6.92 Å². The van der Waals surface area contributed by atoms with Gasteiger partial charge in [0, 0.05) is 11.8 Å². The lowest BCUT2D eigenvalue weighted by Crippen LogP contribution is -2.39. The first kappa shape index (κ1) is 24.5. The zero-order valence-electron chi connectivity index (χ0n) is 19.8. The molecular weight excluding hydrogens is 466 g/mol. The van der Waals surface area contributed by atoms with E-state index in [1.807, 2.05) is 0 Å². The molecule has 0 radical (unpaired) electrons. The third-order valence-corrected chi connectivity index (χ3v) is 8.24. The van der Waals surface area contributed by atoms with E-state index in [1.54, 1.807) is 51.2 Å². The lowest BCUT2D eigenvalue weighted by molar-refractivity contribution is -0.115. The van der Waals surface area contributed by atoms with Crippen LogP contribution in [0.1, 0.15) is 53.1 Å². The van der Waals surface area contributed by atoms with Gasteiger partial charge in [0.05, 0.1) is 33.9 Å². The number of benzene rings is 1. The standard InChI is InChI=1S/C26H27N3O5S/c1-4-35(33,34)18-9-7-17(8-10-18)15-22(31)29-21-14-16(2)23-19(28-21)11-12-26(3,25(23)32)24-20(30)6-5-13-27-24/h5-10,13-14,30H,4,11-12,15H2,1-3H3,(H,28,29,31). The van der Waals surface area contributed by atoms with E-state index in [2.05, 4.69) is 15.3 Å². The van der Waals surface area contributed by atoms with E-state index in [-0.39, 0.29) is 34.5 Å². The molecule has 2 N–H and O–H groups in total. The van der Waals surface area contributed by atoms with Gasteiger partial charge < -0.3 is 10.4 Å². The highest BCUT2D eigenvalue weighted by Gasteiger charge is 2.44. The summed E-state index contributed by atoms with van der Waals surface area (Å²) in [4.78, 5) is 35.1. The number of ketones is 1. The van der Waals surface area contributed by atoms with E-state index in [9.17, 15) is 23.1 Å². The van der Waals surface area contributed by atoms with E-state index in [4.69, 9.17) is 0 Å². The lowest BCUT2D eigenvalue weighted by Gasteiger charge is -2.33. The maximum absolute atomic E-state index is 13.5. The first-order chi connectivity index (χ1) is 16.5. The van der Waals surface area contributed by atoms with Gasteiger partial charge in [-0.05, 0) is 68.1 Å². The van der Waals surface area contributed by atoms with Crippen LogP contribution in [0.2, 0.25) is 0 Å². The molecule has 0 spiro atoms. The molecule has 182 valence electrons. The van der Waals surface area contributed by atoms with Crippen LogP contribution in [0.15, 0.2) is 53.6 Å². The minimum Gasteiger partial charge on any atom is -0.506 e. The Bertz CT molecular complexity index is 1420. The second kappa shape index (κ2) is 9.22. The number of carbonyl (C=O) groups is 2. The van der Waals surface area contributed by atoms with Gasteiger partial charge in [-0.1, -0.05) is 19.1 Å². The molecule has 2 aromatic heterocycles. The van der Waals surface area contributed by atoms with Gasteiger partial charge >= 0.3 is 0 Å². The van der Waals surface area contributed by atoms with E-state index < -0.39 is 15.3 Å². The Morgan fingerprint density at radius 1 is 1.20 bits per heavy atom. The fraction of sp³-hybridized carbons (Fsp3) is 0.308. The monoisotopic (exact) mass is 493 g/mol. The quantitative estimate of drug-likeness (QED) is 0.538. The average molecular weight is 494 g/mol. The molecule has 2 heterocycles. The smallest absolute Gasteiger partial charge is 0.229 e. The second-order valence-corrected chi connectivity index (χ2v) is 11.2. The number of nitrogens with zero attached hydrogens (tertiary/aromatic N) is 2. The molecule has 8 nitrogen and oxygen atoms in total. The van der Waals surface area contributed by atoms with Gasteiger partial charge in [0.1, 0.15) is 11.6 Å². The number of sulfone groups is 1. The third kappa shape index (κ3) is 4.68. The molecule has 0 aliphatic heterocycles. The maximum atomic E-state index is 13.5.